The molecule has 1 amide bonds. The predicted octanol–water partition coefficient (Wildman–Crippen LogP) is 4.12. The fourth-order valence-electron chi connectivity index (χ4n) is 3.43. The monoisotopic (exact) mass is 413 g/mol. The Balaban J connectivity index is 1.67. The number of aryl methyl sites for hydroxylation is 1. The lowest BCUT2D eigenvalue weighted by Gasteiger charge is -2.24. The van der Waals surface area contributed by atoms with Crippen LogP contribution >= 0.6 is 11.8 Å². The van der Waals surface area contributed by atoms with Gasteiger partial charge in [0.25, 0.3) is 5.56 Å². The lowest BCUT2D eigenvalue weighted by Crippen LogP contribution is -2.31. The number of hydrogen-bond acceptors (Lipinski definition) is 4. The molecule has 1 unspecified atom stereocenters. The molecular weight excluding hydrogens is 396 g/mol. The van der Waals surface area contributed by atoms with Gasteiger partial charge in [-0.1, -0.05) is 41.6 Å². The highest BCUT2D eigenvalue weighted by Crippen LogP contribution is 2.35. The molecule has 1 aliphatic rings. The number of carbonyl (C=O) groups is 1. The average Bonchev–Trinajstić information content (AvgIpc) is 2.64. The summed E-state index contributed by atoms with van der Waals surface area (Å²) in [6.45, 7) is 2.00. The fraction of sp³-hybridized carbons (Fsp3) is 0.190. The molecule has 0 bridgehead atoms. The summed E-state index contributed by atoms with van der Waals surface area (Å²) in [5, 5.41) is 2.97. The number of thioether (sulfide) groups is 1. The Morgan fingerprint density at radius 1 is 1.14 bits per heavy atom. The number of benzene rings is 2. The van der Waals surface area contributed by atoms with Crippen molar-refractivity contribution in [1.29, 1.82) is 0 Å². The summed E-state index contributed by atoms with van der Waals surface area (Å²) < 4.78 is 27.3. The van der Waals surface area contributed by atoms with Crippen LogP contribution in [0.15, 0.2) is 52.4 Å². The first-order chi connectivity index (χ1) is 13.9. The number of aromatic amines is 1. The molecule has 0 spiro atoms. The van der Waals surface area contributed by atoms with Crippen LogP contribution in [0, 0.1) is 18.6 Å². The summed E-state index contributed by atoms with van der Waals surface area (Å²) in [6, 6.07) is 11.0. The van der Waals surface area contributed by atoms with Crippen LogP contribution in [0.25, 0.3) is 0 Å². The van der Waals surface area contributed by atoms with E-state index < -0.39 is 23.1 Å². The van der Waals surface area contributed by atoms with Crippen LogP contribution in [0.4, 0.5) is 14.6 Å². The standard InChI is InChI=1S/C21H17F2N3O2S/c1-11-3-2-4-12(5-11)10-29-21-25-19-18(20(28)26-21)16(9-17(27)24-19)13-6-14(22)8-15(23)7-13/h2-8,16H,9-10H2,1H3,(H2,24,25,26,27,28). The normalized spacial score (nSPS) is 15.7. The first kappa shape index (κ1) is 19.3. The zero-order valence-electron chi connectivity index (χ0n) is 15.5. The molecule has 2 heterocycles. The first-order valence-corrected chi connectivity index (χ1v) is 9.96. The molecule has 1 aromatic heterocycles. The van der Waals surface area contributed by atoms with Crippen molar-refractivity contribution in [2.24, 2.45) is 0 Å². The topological polar surface area (TPSA) is 74.8 Å². The highest BCUT2D eigenvalue weighted by atomic mass is 32.2. The number of amides is 1. The predicted molar refractivity (Wildman–Crippen MR) is 107 cm³/mol. The smallest absolute Gasteiger partial charge is 0.257 e. The van der Waals surface area contributed by atoms with E-state index in [9.17, 15) is 18.4 Å². The summed E-state index contributed by atoms with van der Waals surface area (Å²) in [5.41, 5.74) is 2.21. The number of aromatic nitrogens is 2. The number of anilines is 1. The van der Waals surface area contributed by atoms with Gasteiger partial charge >= 0.3 is 0 Å². The van der Waals surface area contributed by atoms with Crippen LogP contribution in [-0.4, -0.2) is 15.9 Å². The van der Waals surface area contributed by atoms with E-state index >= 15 is 0 Å². The van der Waals surface area contributed by atoms with Crippen molar-refractivity contribution in [3.8, 4) is 0 Å². The van der Waals surface area contributed by atoms with E-state index in [2.05, 4.69) is 15.3 Å². The Morgan fingerprint density at radius 3 is 2.62 bits per heavy atom. The average molecular weight is 413 g/mol. The second-order valence-electron chi connectivity index (χ2n) is 6.92. The third kappa shape index (κ3) is 4.22. The molecule has 1 atom stereocenters. The molecule has 2 N–H and O–H groups in total. The van der Waals surface area contributed by atoms with Gasteiger partial charge in [0.15, 0.2) is 5.16 Å². The maximum Gasteiger partial charge on any atom is 0.257 e. The van der Waals surface area contributed by atoms with E-state index in [4.69, 9.17) is 0 Å². The molecule has 0 aliphatic carbocycles. The summed E-state index contributed by atoms with van der Waals surface area (Å²) in [6.07, 6.45) is -0.0869. The SMILES string of the molecule is Cc1cccc(CSc2nc3c(c(=O)[nH]2)C(c2cc(F)cc(F)c2)CC(=O)N3)c1. The lowest BCUT2D eigenvalue weighted by atomic mass is 9.87. The van der Waals surface area contributed by atoms with Gasteiger partial charge in [-0.2, -0.15) is 0 Å². The number of nitrogens with one attached hydrogen (secondary N) is 2. The van der Waals surface area contributed by atoms with Crippen molar-refractivity contribution in [3.05, 3.63) is 86.7 Å². The third-order valence-corrected chi connectivity index (χ3v) is 5.62. The third-order valence-electron chi connectivity index (χ3n) is 4.67. The zero-order chi connectivity index (χ0) is 20.5. The van der Waals surface area contributed by atoms with E-state index in [-0.39, 0.29) is 29.3 Å². The Morgan fingerprint density at radius 2 is 1.90 bits per heavy atom. The summed E-state index contributed by atoms with van der Waals surface area (Å²) in [7, 11) is 0. The van der Waals surface area contributed by atoms with Gasteiger partial charge in [-0.3, -0.25) is 9.59 Å². The molecular formula is C21H17F2N3O2S. The maximum absolute atomic E-state index is 13.7. The quantitative estimate of drug-likeness (QED) is 0.498. The molecule has 2 aromatic carbocycles. The van der Waals surface area contributed by atoms with Crippen LogP contribution in [0.1, 0.15) is 34.6 Å². The summed E-state index contributed by atoms with van der Waals surface area (Å²) >= 11 is 1.33. The molecule has 148 valence electrons. The van der Waals surface area contributed by atoms with Gasteiger partial charge in [0.2, 0.25) is 5.91 Å². The minimum Gasteiger partial charge on any atom is -0.310 e. The number of hydrogen-bond donors (Lipinski definition) is 2. The Kier molecular flexibility index (Phi) is 5.19. The summed E-state index contributed by atoms with van der Waals surface area (Å²) in [5.74, 6) is -1.93. The molecule has 4 rings (SSSR count). The van der Waals surface area contributed by atoms with E-state index in [0.717, 1.165) is 29.3 Å². The number of halogens is 2. The molecule has 8 heteroatoms. The van der Waals surface area contributed by atoms with Crippen LogP contribution in [0.3, 0.4) is 0 Å². The van der Waals surface area contributed by atoms with E-state index in [0.29, 0.717) is 10.9 Å². The Labute approximate surface area is 169 Å². The number of rotatable bonds is 4. The van der Waals surface area contributed by atoms with Gasteiger partial charge in [0, 0.05) is 24.2 Å². The Hall–Kier alpha value is -3.00. The number of fused-ring (bicyclic) bond motifs is 1. The van der Waals surface area contributed by atoms with Gasteiger partial charge in [-0.15, -0.1) is 0 Å². The molecule has 0 radical (unpaired) electrons. The Bertz CT molecular complexity index is 1140. The molecule has 5 nitrogen and oxygen atoms in total. The van der Waals surface area contributed by atoms with Crippen molar-refractivity contribution in [2.75, 3.05) is 5.32 Å². The fourth-order valence-corrected chi connectivity index (χ4v) is 4.24. The molecule has 0 saturated heterocycles. The van der Waals surface area contributed by atoms with Gasteiger partial charge in [0.05, 0.1) is 5.56 Å². The summed E-state index contributed by atoms with van der Waals surface area (Å²) in [4.78, 5) is 32.0. The molecule has 29 heavy (non-hydrogen) atoms. The first-order valence-electron chi connectivity index (χ1n) is 8.97. The van der Waals surface area contributed by atoms with Crippen LogP contribution in [0.2, 0.25) is 0 Å². The van der Waals surface area contributed by atoms with Gasteiger partial charge < -0.3 is 10.3 Å². The highest BCUT2D eigenvalue weighted by molar-refractivity contribution is 7.98. The number of H-pyrrole nitrogens is 1. The maximum atomic E-state index is 13.7. The van der Waals surface area contributed by atoms with Crippen LogP contribution < -0.4 is 10.9 Å². The molecule has 0 fully saturated rings. The highest BCUT2D eigenvalue weighted by Gasteiger charge is 2.31. The van der Waals surface area contributed by atoms with Crippen molar-refractivity contribution >= 4 is 23.5 Å². The van der Waals surface area contributed by atoms with Gasteiger partial charge in [-0.25, -0.2) is 13.8 Å². The van der Waals surface area contributed by atoms with E-state index in [1.165, 1.54) is 11.8 Å². The molecule has 3 aromatic rings. The molecule has 1 aliphatic heterocycles. The van der Waals surface area contributed by atoms with Crippen molar-refractivity contribution in [3.63, 3.8) is 0 Å². The lowest BCUT2D eigenvalue weighted by molar-refractivity contribution is -0.116. The van der Waals surface area contributed by atoms with Crippen molar-refractivity contribution < 1.29 is 13.6 Å². The second-order valence-corrected chi connectivity index (χ2v) is 7.88. The van der Waals surface area contributed by atoms with Crippen LogP contribution in [-0.2, 0) is 10.5 Å². The van der Waals surface area contributed by atoms with Crippen molar-refractivity contribution in [2.45, 2.75) is 30.2 Å². The number of nitrogens with zero attached hydrogens (tertiary/aromatic N) is 1. The van der Waals surface area contributed by atoms with Crippen molar-refractivity contribution in [1.82, 2.24) is 9.97 Å². The van der Waals surface area contributed by atoms with E-state index in [1.807, 2.05) is 31.2 Å². The minimum atomic E-state index is -0.768. The molecule has 0 saturated carbocycles. The van der Waals surface area contributed by atoms with Gasteiger partial charge in [-0.05, 0) is 30.2 Å². The number of carbonyl (C=O) groups excluding carboxylic acids is 1. The van der Waals surface area contributed by atoms with E-state index in [1.54, 1.807) is 0 Å². The van der Waals surface area contributed by atoms with Gasteiger partial charge in [0.1, 0.15) is 17.5 Å². The zero-order valence-corrected chi connectivity index (χ0v) is 16.3. The van der Waals surface area contributed by atoms with Crippen LogP contribution in [0.5, 0.6) is 0 Å². The second kappa shape index (κ2) is 7.79. The minimum absolute atomic E-state index is 0.0869. The largest absolute Gasteiger partial charge is 0.310 e.